The Bertz CT molecular complexity index is 350. The molecule has 0 unspecified atom stereocenters. The summed E-state index contributed by atoms with van der Waals surface area (Å²) in [4.78, 5) is 11.4. The molecule has 2 amide bonds. The van der Waals surface area contributed by atoms with Crippen LogP contribution < -0.4 is 10.6 Å². The van der Waals surface area contributed by atoms with Gasteiger partial charge in [0.25, 0.3) is 0 Å². The van der Waals surface area contributed by atoms with E-state index in [0.29, 0.717) is 24.1 Å². The van der Waals surface area contributed by atoms with Gasteiger partial charge in [0.1, 0.15) is 5.76 Å². The van der Waals surface area contributed by atoms with Crippen molar-refractivity contribution < 1.29 is 14.3 Å². The van der Waals surface area contributed by atoms with Crippen LogP contribution in [0.1, 0.15) is 19.1 Å². The van der Waals surface area contributed by atoms with Gasteiger partial charge in [-0.1, -0.05) is 6.92 Å². The molecule has 0 aliphatic rings. The van der Waals surface area contributed by atoms with E-state index < -0.39 is 0 Å². The predicted molar refractivity (Wildman–Crippen MR) is 67.8 cm³/mol. The Kier molecular flexibility index (Phi) is 6.07. The summed E-state index contributed by atoms with van der Waals surface area (Å²) in [7, 11) is 0. The van der Waals surface area contributed by atoms with Crippen LogP contribution in [0.25, 0.3) is 0 Å². The van der Waals surface area contributed by atoms with Crippen molar-refractivity contribution in [3.63, 3.8) is 0 Å². The number of carbonyl (C=O) groups excluding carboxylic acids is 1. The second-order valence-electron chi connectivity index (χ2n) is 3.64. The van der Waals surface area contributed by atoms with E-state index in [2.05, 4.69) is 26.6 Å². The highest BCUT2D eigenvalue weighted by Crippen LogP contribution is 2.13. The monoisotopic (exact) mass is 304 g/mol. The number of nitrogens with one attached hydrogen (secondary N) is 2. The number of amides is 2. The molecule has 1 aromatic rings. The van der Waals surface area contributed by atoms with Crippen molar-refractivity contribution in [1.29, 1.82) is 0 Å². The van der Waals surface area contributed by atoms with Gasteiger partial charge in [0.2, 0.25) is 0 Å². The molecule has 0 aliphatic carbocycles. The van der Waals surface area contributed by atoms with E-state index in [1.807, 2.05) is 19.1 Å². The lowest BCUT2D eigenvalue weighted by atomic mass is 10.2. The SMILES string of the molecule is CC[C@@H](CO)NC(=O)NCCc1ccc(Br)o1. The molecule has 0 saturated carbocycles. The Morgan fingerprint density at radius 1 is 1.59 bits per heavy atom. The molecular formula is C11H17BrN2O3. The predicted octanol–water partition coefficient (Wildman–Crippen LogP) is 1.65. The molecule has 1 aromatic heterocycles. The highest BCUT2D eigenvalue weighted by Gasteiger charge is 2.08. The van der Waals surface area contributed by atoms with E-state index in [4.69, 9.17) is 9.52 Å². The van der Waals surface area contributed by atoms with Crippen LogP contribution >= 0.6 is 15.9 Å². The molecule has 3 N–H and O–H groups in total. The molecule has 0 saturated heterocycles. The Balaban J connectivity index is 2.20. The summed E-state index contributed by atoms with van der Waals surface area (Å²) in [6.07, 6.45) is 1.34. The van der Waals surface area contributed by atoms with Gasteiger partial charge in [-0.05, 0) is 34.5 Å². The number of carbonyl (C=O) groups is 1. The van der Waals surface area contributed by atoms with Gasteiger partial charge in [-0.15, -0.1) is 0 Å². The smallest absolute Gasteiger partial charge is 0.315 e. The van der Waals surface area contributed by atoms with Crippen molar-refractivity contribution in [3.8, 4) is 0 Å². The summed E-state index contributed by atoms with van der Waals surface area (Å²) >= 11 is 3.21. The molecule has 0 aromatic carbocycles. The fraction of sp³-hybridized carbons (Fsp3) is 0.545. The highest BCUT2D eigenvalue weighted by atomic mass is 79.9. The van der Waals surface area contributed by atoms with Gasteiger partial charge in [-0.3, -0.25) is 0 Å². The standard InChI is InChI=1S/C11H17BrN2O3/c1-2-8(7-15)14-11(16)13-6-5-9-3-4-10(12)17-9/h3-4,8,15H,2,5-7H2,1H3,(H2,13,14,16)/t8-/m0/s1. The molecule has 5 nitrogen and oxygen atoms in total. The van der Waals surface area contributed by atoms with Crippen LogP contribution in [-0.2, 0) is 6.42 Å². The first kappa shape index (κ1) is 14.1. The highest BCUT2D eigenvalue weighted by molar-refractivity contribution is 9.10. The second kappa shape index (κ2) is 7.34. The lowest BCUT2D eigenvalue weighted by molar-refractivity contribution is 0.214. The fourth-order valence-electron chi connectivity index (χ4n) is 1.30. The average molecular weight is 305 g/mol. The minimum atomic E-state index is -0.267. The van der Waals surface area contributed by atoms with Crippen molar-refractivity contribution in [2.24, 2.45) is 0 Å². The second-order valence-corrected chi connectivity index (χ2v) is 4.43. The van der Waals surface area contributed by atoms with Gasteiger partial charge in [0, 0.05) is 13.0 Å². The maximum absolute atomic E-state index is 11.4. The lowest BCUT2D eigenvalue weighted by Gasteiger charge is -2.14. The summed E-state index contributed by atoms with van der Waals surface area (Å²) in [6.45, 7) is 2.35. The minimum Gasteiger partial charge on any atom is -0.454 e. The zero-order valence-corrected chi connectivity index (χ0v) is 11.3. The number of aliphatic hydroxyl groups is 1. The number of rotatable bonds is 6. The first-order valence-corrected chi connectivity index (χ1v) is 6.34. The molecule has 0 fully saturated rings. The number of aliphatic hydroxyl groups excluding tert-OH is 1. The number of furan rings is 1. The van der Waals surface area contributed by atoms with E-state index in [0.717, 1.165) is 5.76 Å². The Morgan fingerprint density at radius 2 is 2.35 bits per heavy atom. The Hall–Kier alpha value is -1.01. The van der Waals surface area contributed by atoms with Crippen LogP contribution in [0.15, 0.2) is 21.2 Å². The van der Waals surface area contributed by atoms with Crippen LogP contribution in [0.4, 0.5) is 4.79 Å². The van der Waals surface area contributed by atoms with E-state index in [9.17, 15) is 4.79 Å². The molecular weight excluding hydrogens is 288 g/mol. The molecule has 0 radical (unpaired) electrons. The largest absolute Gasteiger partial charge is 0.454 e. The normalized spacial score (nSPS) is 12.2. The first-order chi connectivity index (χ1) is 8.15. The molecule has 0 bridgehead atoms. The van der Waals surface area contributed by atoms with Gasteiger partial charge >= 0.3 is 6.03 Å². The molecule has 0 aliphatic heterocycles. The van der Waals surface area contributed by atoms with E-state index in [-0.39, 0.29) is 18.7 Å². The number of hydrogen-bond acceptors (Lipinski definition) is 3. The Morgan fingerprint density at radius 3 is 2.88 bits per heavy atom. The molecule has 96 valence electrons. The molecule has 6 heteroatoms. The van der Waals surface area contributed by atoms with E-state index >= 15 is 0 Å². The van der Waals surface area contributed by atoms with E-state index in [1.165, 1.54) is 0 Å². The van der Waals surface area contributed by atoms with Gasteiger partial charge in [0.15, 0.2) is 4.67 Å². The average Bonchev–Trinajstić information content (AvgIpc) is 2.72. The summed E-state index contributed by atoms with van der Waals surface area (Å²) in [5.74, 6) is 0.811. The van der Waals surface area contributed by atoms with Gasteiger partial charge in [-0.2, -0.15) is 0 Å². The van der Waals surface area contributed by atoms with Crippen LogP contribution in [0.2, 0.25) is 0 Å². The molecule has 0 spiro atoms. The third kappa shape index (κ3) is 5.23. The molecule has 1 atom stereocenters. The first-order valence-electron chi connectivity index (χ1n) is 5.55. The van der Waals surface area contributed by atoms with Crippen molar-refractivity contribution >= 4 is 22.0 Å². The number of urea groups is 1. The van der Waals surface area contributed by atoms with Crippen LogP contribution in [0.5, 0.6) is 0 Å². The summed E-state index contributed by atoms with van der Waals surface area (Å²) < 4.78 is 5.98. The fourth-order valence-corrected chi connectivity index (χ4v) is 1.64. The van der Waals surface area contributed by atoms with Crippen molar-refractivity contribution in [3.05, 3.63) is 22.6 Å². The third-order valence-electron chi connectivity index (χ3n) is 2.33. The summed E-state index contributed by atoms with van der Waals surface area (Å²) in [5, 5.41) is 14.3. The maximum Gasteiger partial charge on any atom is 0.315 e. The van der Waals surface area contributed by atoms with Crippen LogP contribution in [0, 0.1) is 0 Å². The van der Waals surface area contributed by atoms with Gasteiger partial charge < -0.3 is 20.2 Å². The maximum atomic E-state index is 11.4. The minimum absolute atomic E-state index is 0.0466. The van der Waals surface area contributed by atoms with Gasteiger partial charge in [-0.25, -0.2) is 4.79 Å². The summed E-state index contributed by atoms with van der Waals surface area (Å²) in [5.41, 5.74) is 0. The van der Waals surface area contributed by atoms with Gasteiger partial charge in [0.05, 0.1) is 12.6 Å². The lowest BCUT2D eigenvalue weighted by Crippen LogP contribution is -2.44. The molecule has 1 rings (SSSR count). The number of halogens is 1. The topological polar surface area (TPSA) is 74.5 Å². The molecule has 17 heavy (non-hydrogen) atoms. The Labute approximate surface area is 109 Å². The zero-order chi connectivity index (χ0) is 12.7. The zero-order valence-electron chi connectivity index (χ0n) is 9.70. The van der Waals surface area contributed by atoms with Crippen LogP contribution in [-0.4, -0.2) is 30.3 Å². The van der Waals surface area contributed by atoms with Crippen LogP contribution in [0.3, 0.4) is 0 Å². The van der Waals surface area contributed by atoms with Crippen molar-refractivity contribution in [2.75, 3.05) is 13.2 Å². The summed E-state index contributed by atoms with van der Waals surface area (Å²) in [6, 6.07) is 3.21. The van der Waals surface area contributed by atoms with Crippen molar-refractivity contribution in [1.82, 2.24) is 10.6 Å². The molecule has 1 heterocycles. The van der Waals surface area contributed by atoms with E-state index in [1.54, 1.807) is 0 Å². The quantitative estimate of drug-likeness (QED) is 0.748. The third-order valence-corrected chi connectivity index (χ3v) is 2.76. The number of hydrogen-bond donors (Lipinski definition) is 3. The van der Waals surface area contributed by atoms with Crippen molar-refractivity contribution in [2.45, 2.75) is 25.8 Å².